The van der Waals surface area contributed by atoms with E-state index in [4.69, 9.17) is 0 Å². The molecule has 1 aliphatic heterocycles. The number of rotatable bonds is 5. The van der Waals surface area contributed by atoms with E-state index in [1.807, 2.05) is 6.20 Å². The molecule has 1 unspecified atom stereocenters. The standard InChI is InChI=1S/C17H29N3/c1-5-8-20-10-9-19(12-15(20)4)13-17-7-6-16(11-18-17)14(2)3/h6-7,11,14-15H,5,8-10,12-13H2,1-4H3. The molecule has 3 nitrogen and oxygen atoms in total. The van der Waals surface area contributed by atoms with Crippen molar-refractivity contribution < 1.29 is 0 Å². The lowest BCUT2D eigenvalue weighted by molar-refractivity contribution is 0.0783. The average Bonchev–Trinajstić information content (AvgIpc) is 2.42. The van der Waals surface area contributed by atoms with E-state index in [0.717, 1.165) is 19.6 Å². The van der Waals surface area contributed by atoms with Crippen molar-refractivity contribution in [1.29, 1.82) is 0 Å². The third kappa shape index (κ3) is 4.03. The number of hydrogen-bond acceptors (Lipinski definition) is 3. The Morgan fingerprint density at radius 1 is 1.30 bits per heavy atom. The van der Waals surface area contributed by atoms with Crippen LogP contribution in [0.5, 0.6) is 0 Å². The molecule has 20 heavy (non-hydrogen) atoms. The van der Waals surface area contributed by atoms with Crippen molar-refractivity contribution in [3.05, 3.63) is 29.6 Å². The Kier molecular flexibility index (Phi) is 5.55. The number of aromatic nitrogens is 1. The van der Waals surface area contributed by atoms with E-state index in [-0.39, 0.29) is 0 Å². The highest BCUT2D eigenvalue weighted by Crippen LogP contribution is 2.15. The smallest absolute Gasteiger partial charge is 0.0544 e. The molecule has 0 aromatic carbocycles. The molecule has 0 amide bonds. The van der Waals surface area contributed by atoms with Crippen molar-refractivity contribution in [2.75, 3.05) is 26.2 Å². The zero-order valence-electron chi connectivity index (χ0n) is 13.5. The van der Waals surface area contributed by atoms with Gasteiger partial charge in [0.15, 0.2) is 0 Å². The highest BCUT2D eigenvalue weighted by Gasteiger charge is 2.22. The van der Waals surface area contributed by atoms with Crippen molar-refractivity contribution in [1.82, 2.24) is 14.8 Å². The molecule has 0 bridgehead atoms. The van der Waals surface area contributed by atoms with Crippen LogP contribution in [0.4, 0.5) is 0 Å². The Morgan fingerprint density at radius 3 is 2.65 bits per heavy atom. The summed E-state index contributed by atoms with van der Waals surface area (Å²) in [4.78, 5) is 9.76. The lowest BCUT2D eigenvalue weighted by Gasteiger charge is -2.39. The van der Waals surface area contributed by atoms with Crippen molar-refractivity contribution in [3.63, 3.8) is 0 Å². The Hall–Kier alpha value is -0.930. The Bertz CT molecular complexity index is 399. The molecule has 0 N–H and O–H groups in total. The van der Waals surface area contributed by atoms with Gasteiger partial charge in [-0.3, -0.25) is 14.8 Å². The normalized spacial score (nSPS) is 21.6. The minimum absolute atomic E-state index is 0.564. The van der Waals surface area contributed by atoms with Crippen LogP contribution in [0.1, 0.15) is 51.3 Å². The monoisotopic (exact) mass is 275 g/mol. The summed E-state index contributed by atoms with van der Waals surface area (Å²) < 4.78 is 0. The Morgan fingerprint density at radius 2 is 2.10 bits per heavy atom. The van der Waals surface area contributed by atoms with Gasteiger partial charge in [0.25, 0.3) is 0 Å². The van der Waals surface area contributed by atoms with Crippen LogP contribution in [0, 0.1) is 0 Å². The van der Waals surface area contributed by atoms with Crippen LogP contribution in [0.3, 0.4) is 0 Å². The number of nitrogens with zero attached hydrogens (tertiary/aromatic N) is 3. The summed E-state index contributed by atoms with van der Waals surface area (Å²) in [5.41, 5.74) is 2.53. The van der Waals surface area contributed by atoms with Crippen LogP contribution in [0.25, 0.3) is 0 Å². The largest absolute Gasteiger partial charge is 0.298 e. The van der Waals surface area contributed by atoms with Gasteiger partial charge in [0.05, 0.1) is 5.69 Å². The predicted octanol–water partition coefficient (Wildman–Crippen LogP) is 3.12. The Balaban J connectivity index is 1.88. The van der Waals surface area contributed by atoms with E-state index < -0.39 is 0 Å². The maximum absolute atomic E-state index is 4.62. The third-order valence-electron chi connectivity index (χ3n) is 4.26. The molecular weight excluding hydrogens is 246 g/mol. The highest BCUT2D eigenvalue weighted by atomic mass is 15.3. The molecule has 112 valence electrons. The van der Waals surface area contributed by atoms with Crippen LogP contribution in [-0.2, 0) is 6.54 Å². The van der Waals surface area contributed by atoms with Crippen LogP contribution in [0.2, 0.25) is 0 Å². The van der Waals surface area contributed by atoms with Gasteiger partial charge in [0.1, 0.15) is 0 Å². The van der Waals surface area contributed by atoms with E-state index in [2.05, 4.69) is 54.6 Å². The van der Waals surface area contributed by atoms with E-state index in [1.165, 1.54) is 30.8 Å². The molecule has 0 aliphatic carbocycles. The second kappa shape index (κ2) is 7.19. The fourth-order valence-corrected chi connectivity index (χ4v) is 2.93. The molecule has 3 heteroatoms. The molecule has 2 rings (SSSR count). The minimum Gasteiger partial charge on any atom is -0.298 e. The van der Waals surface area contributed by atoms with Crippen molar-refractivity contribution in [3.8, 4) is 0 Å². The molecule has 0 radical (unpaired) electrons. The average molecular weight is 275 g/mol. The lowest BCUT2D eigenvalue weighted by Crippen LogP contribution is -2.51. The van der Waals surface area contributed by atoms with Crippen LogP contribution >= 0.6 is 0 Å². The van der Waals surface area contributed by atoms with E-state index >= 15 is 0 Å². The fourth-order valence-electron chi connectivity index (χ4n) is 2.93. The molecule has 2 heterocycles. The molecule has 1 saturated heterocycles. The van der Waals surface area contributed by atoms with E-state index in [0.29, 0.717) is 12.0 Å². The first-order valence-electron chi connectivity index (χ1n) is 8.01. The molecule has 1 aromatic heterocycles. The van der Waals surface area contributed by atoms with Gasteiger partial charge in [-0.1, -0.05) is 26.8 Å². The van der Waals surface area contributed by atoms with Crippen molar-refractivity contribution in [2.24, 2.45) is 0 Å². The maximum atomic E-state index is 4.62. The van der Waals surface area contributed by atoms with E-state index in [9.17, 15) is 0 Å². The SMILES string of the molecule is CCCN1CCN(Cc2ccc(C(C)C)cn2)CC1C. The van der Waals surface area contributed by atoms with Crippen LogP contribution < -0.4 is 0 Å². The summed E-state index contributed by atoms with van der Waals surface area (Å²) in [6.45, 7) is 14.8. The van der Waals surface area contributed by atoms with Gasteiger partial charge < -0.3 is 0 Å². The topological polar surface area (TPSA) is 19.4 Å². The number of pyridine rings is 1. The molecule has 1 atom stereocenters. The van der Waals surface area contributed by atoms with E-state index in [1.54, 1.807) is 0 Å². The molecule has 1 fully saturated rings. The zero-order chi connectivity index (χ0) is 14.5. The van der Waals surface area contributed by atoms with Gasteiger partial charge in [-0.2, -0.15) is 0 Å². The zero-order valence-corrected chi connectivity index (χ0v) is 13.5. The summed E-state index contributed by atoms with van der Waals surface area (Å²) in [5.74, 6) is 0.564. The van der Waals surface area contributed by atoms with Crippen LogP contribution in [0.15, 0.2) is 18.3 Å². The summed E-state index contributed by atoms with van der Waals surface area (Å²) in [6, 6.07) is 5.08. The summed E-state index contributed by atoms with van der Waals surface area (Å²) in [5, 5.41) is 0. The number of hydrogen-bond donors (Lipinski definition) is 0. The van der Waals surface area contributed by atoms with Gasteiger partial charge in [-0.15, -0.1) is 0 Å². The third-order valence-corrected chi connectivity index (χ3v) is 4.26. The highest BCUT2D eigenvalue weighted by molar-refractivity contribution is 5.17. The van der Waals surface area contributed by atoms with Gasteiger partial charge in [-0.25, -0.2) is 0 Å². The van der Waals surface area contributed by atoms with Gasteiger partial charge >= 0.3 is 0 Å². The maximum Gasteiger partial charge on any atom is 0.0544 e. The quantitative estimate of drug-likeness (QED) is 0.823. The lowest BCUT2D eigenvalue weighted by atomic mass is 10.1. The fraction of sp³-hybridized carbons (Fsp3) is 0.706. The minimum atomic E-state index is 0.564. The molecule has 1 aliphatic rings. The predicted molar refractivity (Wildman–Crippen MR) is 84.9 cm³/mol. The first-order chi connectivity index (χ1) is 9.60. The first kappa shape index (κ1) is 15.5. The summed E-state index contributed by atoms with van der Waals surface area (Å²) in [7, 11) is 0. The second-order valence-corrected chi connectivity index (χ2v) is 6.36. The van der Waals surface area contributed by atoms with Gasteiger partial charge in [0.2, 0.25) is 0 Å². The summed E-state index contributed by atoms with van der Waals surface area (Å²) >= 11 is 0. The van der Waals surface area contributed by atoms with Gasteiger partial charge in [0, 0.05) is 38.4 Å². The molecule has 0 saturated carbocycles. The number of piperazine rings is 1. The molecule has 1 aromatic rings. The second-order valence-electron chi connectivity index (χ2n) is 6.36. The van der Waals surface area contributed by atoms with Crippen molar-refractivity contribution >= 4 is 0 Å². The Labute approximate surface area is 124 Å². The first-order valence-corrected chi connectivity index (χ1v) is 8.01. The van der Waals surface area contributed by atoms with Crippen molar-refractivity contribution in [2.45, 2.75) is 52.6 Å². The van der Waals surface area contributed by atoms with Gasteiger partial charge in [-0.05, 0) is 37.4 Å². The molecular formula is C17H29N3. The van der Waals surface area contributed by atoms with Crippen LogP contribution in [-0.4, -0.2) is 47.0 Å². The molecule has 0 spiro atoms. The summed E-state index contributed by atoms with van der Waals surface area (Å²) in [6.07, 6.45) is 3.29.